The lowest BCUT2D eigenvalue weighted by molar-refractivity contribution is -0.114. The van der Waals surface area contributed by atoms with E-state index in [1.54, 1.807) is 55.5 Å². The Morgan fingerprint density at radius 2 is 1.87 bits per heavy atom. The van der Waals surface area contributed by atoms with Gasteiger partial charge in [0.05, 0.1) is 7.11 Å². The number of aryl methyl sites for hydroxylation is 1. The number of carbonyl (C=O) groups excluding carboxylic acids is 1. The van der Waals surface area contributed by atoms with Gasteiger partial charge in [0.25, 0.3) is 10.0 Å². The van der Waals surface area contributed by atoms with Gasteiger partial charge in [-0.2, -0.15) is 0 Å². The Morgan fingerprint density at radius 3 is 2.52 bits per heavy atom. The predicted molar refractivity (Wildman–Crippen MR) is 120 cm³/mol. The summed E-state index contributed by atoms with van der Waals surface area (Å²) in [6.45, 7) is 3.08. The van der Waals surface area contributed by atoms with E-state index in [1.165, 1.54) is 20.1 Å². The van der Waals surface area contributed by atoms with Crippen LogP contribution in [0.4, 0.5) is 11.4 Å². The Bertz CT molecular complexity index is 1230. The highest BCUT2D eigenvalue weighted by Crippen LogP contribution is 2.29. The van der Waals surface area contributed by atoms with E-state index in [0.717, 1.165) is 0 Å². The van der Waals surface area contributed by atoms with E-state index >= 15 is 0 Å². The smallest absolute Gasteiger partial charge is 0.265 e. The summed E-state index contributed by atoms with van der Waals surface area (Å²) in [5.41, 5.74) is 1.92. The van der Waals surface area contributed by atoms with Crippen LogP contribution in [0.15, 0.2) is 51.9 Å². The maximum atomic E-state index is 12.9. The molecule has 0 bridgehead atoms. The average Bonchev–Trinajstić information content (AvgIpc) is 3.06. The fourth-order valence-electron chi connectivity index (χ4n) is 2.74. The average molecular weight is 462 g/mol. The number of nitrogens with zero attached hydrogens (tertiary/aromatic N) is 1. The van der Waals surface area contributed by atoms with Crippen LogP contribution in [0.25, 0.3) is 12.2 Å². The van der Waals surface area contributed by atoms with Gasteiger partial charge in [-0.1, -0.05) is 28.9 Å². The highest BCUT2D eigenvalue weighted by Gasteiger charge is 2.20. The minimum atomic E-state index is -3.94. The standard InChI is InChI=1S/C21H20ClN3O5S/c1-13-21(23-14(2)26)19(30-24-13)11-5-15-4-10-18(29-3)20(12-15)31(27,28)25-17-8-6-16(22)7-9-17/h4-12,25H,1-3H3,(H,23,26)/b11-5-. The first-order valence-electron chi connectivity index (χ1n) is 9.08. The van der Waals surface area contributed by atoms with Gasteiger partial charge >= 0.3 is 0 Å². The SMILES string of the molecule is COc1ccc(/C=C\c2onc(C)c2NC(C)=O)cc1S(=O)(=O)Nc1ccc(Cl)cc1. The number of halogens is 1. The van der Waals surface area contributed by atoms with Crippen LogP contribution in [0, 0.1) is 6.92 Å². The van der Waals surface area contributed by atoms with E-state index in [2.05, 4.69) is 15.2 Å². The quantitative estimate of drug-likeness (QED) is 0.533. The molecule has 0 saturated carbocycles. The molecule has 1 aromatic heterocycles. The molecule has 31 heavy (non-hydrogen) atoms. The van der Waals surface area contributed by atoms with Crippen LogP contribution in [0.3, 0.4) is 0 Å². The van der Waals surface area contributed by atoms with Crippen LogP contribution in [0.1, 0.15) is 23.9 Å². The van der Waals surface area contributed by atoms with Crippen molar-refractivity contribution in [3.8, 4) is 5.75 Å². The van der Waals surface area contributed by atoms with Gasteiger partial charge in [-0.25, -0.2) is 8.42 Å². The fraction of sp³-hybridized carbons (Fsp3) is 0.143. The number of hydrogen-bond donors (Lipinski definition) is 2. The molecule has 0 fully saturated rings. The lowest BCUT2D eigenvalue weighted by Crippen LogP contribution is -2.14. The first-order chi connectivity index (χ1) is 14.7. The number of ether oxygens (including phenoxy) is 1. The number of sulfonamides is 1. The summed E-state index contributed by atoms with van der Waals surface area (Å²) in [6.07, 6.45) is 3.24. The minimum absolute atomic E-state index is 0.0389. The van der Waals surface area contributed by atoms with E-state index in [1.807, 2.05) is 0 Å². The second kappa shape index (κ2) is 9.23. The molecule has 1 amide bonds. The van der Waals surface area contributed by atoms with Crippen molar-refractivity contribution >= 4 is 51.1 Å². The number of benzene rings is 2. The van der Waals surface area contributed by atoms with Crippen LogP contribution in [-0.4, -0.2) is 26.6 Å². The molecule has 0 unspecified atom stereocenters. The molecule has 0 saturated heterocycles. The summed E-state index contributed by atoms with van der Waals surface area (Å²) in [5, 5.41) is 7.00. The molecule has 0 aliphatic carbocycles. The predicted octanol–water partition coefficient (Wildman–Crippen LogP) is 4.57. The molecular formula is C21H20ClN3O5S. The molecule has 1 heterocycles. The largest absolute Gasteiger partial charge is 0.495 e. The Kier molecular flexibility index (Phi) is 6.67. The van der Waals surface area contributed by atoms with Crippen LogP contribution in [0.5, 0.6) is 5.75 Å². The monoisotopic (exact) mass is 461 g/mol. The number of anilines is 2. The number of aromatic nitrogens is 1. The summed E-state index contributed by atoms with van der Waals surface area (Å²) < 4.78 is 38.9. The molecule has 0 radical (unpaired) electrons. The molecule has 162 valence electrons. The van der Waals surface area contributed by atoms with Crippen molar-refractivity contribution in [2.75, 3.05) is 17.1 Å². The van der Waals surface area contributed by atoms with Gasteiger partial charge in [0.15, 0.2) is 5.76 Å². The summed E-state index contributed by atoms with van der Waals surface area (Å²) in [5.74, 6) is 0.271. The molecular weight excluding hydrogens is 442 g/mol. The molecule has 8 nitrogen and oxygen atoms in total. The first kappa shape index (κ1) is 22.4. The third-order valence-electron chi connectivity index (χ3n) is 4.19. The van der Waals surface area contributed by atoms with Crippen LogP contribution >= 0.6 is 11.6 Å². The van der Waals surface area contributed by atoms with Crippen molar-refractivity contribution < 1.29 is 22.5 Å². The Hall–Kier alpha value is -3.30. The molecule has 2 aromatic carbocycles. The zero-order valence-corrected chi connectivity index (χ0v) is 18.5. The lowest BCUT2D eigenvalue weighted by atomic mass is 10.2. The third-order valence-corrected chi connectivity index (χ3v) is 5.85. The van der Waals surface area contributed by atoms with E-state index in [9.17, 15) is 13.2 Å². The molecule has 3 rings (SSSR count). The highest BCUT2D eigenvalue weighted by atomic mass is 35.5. The highest BCUT2D eigenvalue weighted by molar-refractivity contribution is 7.92. The number of nitrogens with one attached hydrogen (secondary N) is 2. The van der Waals surface area contributed by atoms with Gasteiger partial charge in [-0.05, 0) is 55.0 Å². The summed E-state index contributed by atoms with van der Waals surface area (Å²) >= 11 is 5.85. The van der Waals surface area contributed by atoms with E-state index in [4.69, 9.17) is 20.9 Å². The van der Waals surface area contributed by atoms with Crippen LogP contribution in [-0.2, 0) is 14.8 Å². The van der Waals surface area contributed by atoms with Gasteiger partial charge in [-0.15, -0.1) is 0 Å². The zero-order valence-electron chi connectivity index (χ0n) is 17.0. The van der Waals surface area contributed by atoms with E-state index in [-0.39, 0.29) is 16.6 Å². The van der Waals surface area contributed by atoms with Gasteiger partial charge in [0.1, 0.15) is 22.0 Å². The summed E-state index contributed by atoms with van der Waals surface area (Å²) in [4.78, 5) is 11.3. The first-order valence-corrected chi connectivity index (χ1v) is 10.9. The van der Waals surface area contributed by atoms with Crippen molar-refractivity contribution in [3.05, 3.63) is 64.5 Å². The minimum Gasteiger partial charge on any atom is -0.495 e. The zero-order chi connectivity index (χ0) is 22.6. The molecule has 0 aliphatic rings. The van der Waals surface area contributed by atoms with Crippen molar-refractivity contribution in [2.24, 2.45) is 0 Å². The normalized spacial score (nSPS) is 11.5. The molecule has 0 aliphatic heterocycles. The van der Waals surface area contributed by atoms with Gasteiger partial charge in [0, 0.05) is 17.6 Å². The molecule has 10 heteroatoms. The van der Waals surface area contributed by atoms with Crippen molar-refractivity contribution in [3.63, 3.8) is 0 Å². The van der Waals surface area contributed by atoms with Gasteiger partial charge in [-0.3, -0.25) is 9.52 Å². The van der Waals surface area contributed by atoms with Crippen molar-refractivity contribution in [1.29, 1.82) is 0 Å². The topological polar surface area (TPSA) is 111 Å². The Labute approximate surface area is 184 Å². The molecule has 0 atom stereocenters. The second-order valence-electron chi connectivity index (χ2n) is 6.54. The van der Waals surface area contributed by atoms with E-state index < -0.39 is 10.0 Å². The maximum absolute atomic E-state index is 12.9. The Balaban J connectivity index is 1.93. The van der Waals surface area contributed by atoms with Gasteiger partial charge < -0.3 is 14.6 Å². The fourth-order valence-corrected chi connectivity index (χ4v) is 4.13. The van der Waals surface area contributed by atoms with Crippen LogP contribution < -0.4 is 14.8 Å². The number of hydrogen-bond acceptors (Lipinski definition) is 6. The third kappa shape index (κ3) is 5.44. The summed E-state index contributed by atoms with van der Waals surface area (Å²) in [7, 11) is -2.55. The number of amides is 1. The lowest BCUT2D eigenvalue weighted by Gasteiger charge is -2.12. The number of carbonyl (C=O) groups is 1. The molecule has 3 aromatic rings. The van der Waals surface area contributed by atoms with Crippen molar-refractivity contribution in [1.82, 2.24) is 5.16 Å². The number of methoxy groups -OCH3 is 1. The summed E-state index contributed by atoms with van der Waals surface area (Å²) in [6, 6.07) is 11.0. The maximum Gasteiger partial charge on any atom is 0.265 e. The Morgan fingerprint density at radius 1 is 1.16 bits per heavy atom. The molecule has 2 N–H and O–H groups in total. The van der Waals surface area contributed by atoms with Gasteiger partial charge in [0.2, 0.25) is 5.91 Å². The molecule has 0 spiro atoms. The van der Waals surface area contributed by atoms with E-state index in [0.29, 0.717) is 33.4 Å². The number of rotatable bonds is 7. The van der Waals surface area contributed by atoms with Crippen molar-refractivity contribution in [2.45, 2.75) is 18.7 Å². The second-order valence-corrected chi connectivity index (χ2v) is 8.63. The van der Waals surface area contributed by atoms with Crippen LogP contribution in [0.2, 0.25) is 5.02 Å².